The van der Waals surface area contributed by atoms with Crippen LogP contribution in [0, 0.1) is 11.6 Å². The van der Waals surface area contributed by atoms with Crippen LogP contribution in [0.5, 0.6) is 5.88 Å². The Kier molecular flexibility index (Phi) is 6.52. The fourth-order valence-corrected chi connectivity index (χ4v) is 3.98. The molecule has 140 valence electrons. The van der Waals surface area contributed by atoms with E-state index in [2.05, 4.69) is 14.7 Å². The molecule has 0 amide bonds. The summed E-state index contributed by atoms with van der Waals surface area (Å²) < 4.78 is 49.3. The molecule has 26 heavy (non-hydrogen) atoms. The summed E-state index contributed by atoms with van der Waals surface area (Å²) in [7, 11) is 0. The third-order valence-corrected chi connectivity index (χ3v) is 5.72. The van der Waals surface area contributed by atoms with Gasteiger partial charge in [0, 0.05) is 30.5 Å². The maximum absolute atomic E-state index is 13.8. The van der Waals surface area contributed by atoms with Crippen LogP contribution < -0.4 is 9.46 Å². The molecule has 0 radical (unpaired) electrons. The summed E-state index contributed by atoms with van der Waals surface area (Å²) in [4.78, 5) is 8.53. The molecule has 1 aliphatic heterocycles. The number of halogens is 2. The molecular formula is C16H18F2N4O2S2. The summed E-state index contributed by atoms with van der Waals surface area (Å²) >= 11 is -0.233. The number of hydrogen-bond acceptors (Lipinski definition) is 7. The number of ether oxygens (including phenoxy) is 1. The van der Waals surface area contributed by atoms with Gasteiger partial charge in [0.05, 0.1) is 6.61 Å². The largest absolute Gasteiger partial charge is 0.573 e. The van der Waals surface area contributed by atoms with E-state index in [4.69, 9.17) is 4.74 Å². The van der Waals surface area contributed by atoms with Crippen LogP contribution in [-0.4, -0.2) is 38.5 Å². The molecule has 1 fully saturated rings. The molecule has 0 spiro atoms. The van der Waals surface area contributed by atoms with E-state index < -0.39 is 23.2 Å². The number of aromatic nitrogens is 2. The van der Waals surface area contributed by atoms with Crippen molar-refractivity contribution in [1.82, 2.24) is 14.3 Å². The highest BCUT2D eigenvalue weighted by Gasteiger charge is 2.27. The number of hydrogen-bond donors (Lipinski definition) is 1. The molecule has 0 bridgehead atoms. The van der Waals surface area contributed by atoms with E-state index in [1.54, 1.807) is 10.4 Å². The summed E-state index contributed by atoms with van der Waals surface area (Å²) in [5.74, 6) is -0.922. The molecule has 0 aliphatic carbocycles. The van der Waals surface area contributed by atoms with E-state index in [1.807, 2.05) is 6.92 Å². The number of nitrogens with one attached hydrogen (secondary N) is 1. The molecule has 1 N–H and O–H groups in total. The molecular weight excluding hydrogens is 382 g/mol. The Morgan fingerprint density at radius 1 is 1.35 bits per heavy atom. The molecule has 2 heterocycles. The minimum Gasteiger partial charge on any atom is -0.573 e. The third-order valence-electron chi connectivity index (χ3n) is 3.60. The standard InChI is InChI=1S/C16H18F2N4O2S2/c1-2-24-14-9-13(21-26(23)22-7-4-8-22)19-16(20-14)25-10-11-5-3-6-12(17)15(11)18/h3,5-6,9H,2,4,7-8,10H2,1H3,(H,19,20,21). The lowest BCUT2D eigenvalue weighted by Crippen LogP contribution is -2.45. The highest BCUT2D eigenvalue weighted by atomic mass is 32.2. The summed E-state index contributed by atoms with van der Waals surface area (Å²) in [6, 6.07) is 5.60. The Balaban J connectivity index is 1.73. The Bertz CT molecular complexity index is 765. The van der Waals surface area contributed by atoms with Gasteiger partial charge in [-0.1, -0.05) is 23.9 Å². The van der Waals surface area contributed by atoms with Crippen molar-refractivity contribution in [3.63, 3.8) is 0 Å². The van der Waals surface area contributed by atoms with Gasteiger partial charge >= 0.3 is 0 Å². The minimum absolute atomic E-state index is 0.161. The number of benzene rings is 1. The Hall–Kier alpha value is -1.62. The molecule has 1 aliphatic rings. The van der Waals surface area contributed by atoms with Crippen LogP contribution in [0.1, 0.15) is 18.9 Å². The van der Waals surface area contributed by atoms with Crippen LogP contribution in [-0.2, 0) is 17.3 Å². The third kappa shape index (κ3) is 4.76. The van der Waals surface area contributed by atoms with E-state index in [0.29, 0.717) is 23.5 Å². The fraction of sp³-hybridized carbons (Fsp3) is 0.375. The van der Waals surface area contributed by atoms with Gasteiger partial charge in [0.15, 0.2) is 34.2 Å². The van der Waals surface area contributed by atoms with Crippen molar-refractivity contribution in [3.05, 3.63) is 41.5 Å². The maximum atomic E-state index is 13.8. The van der Waals surface area contributed by atoms with Crippen molar-refractivity contribution in [2.75, 3.05) is 24.4 Å². The van der Waals surface area contributed by atoms with Crippen molar-refractivity contribution in [2.24, 2.45) is 0 Å². The van der Waals surface area contributed by atoms with Gasteiger partial charge in [-0.3, -0.25) is 0 Å². The quantitative estimate of drug-likeness (QED) is 0.415. The average molecular weight is 400 g/mol. The zero-order chi connectivity index (χ0) is 18.5. The Labute approximate surface area is 157 Å². The van der Waals surface area contributed by atoms with Gasteiger partial charge in [-0.15, -0.1) is 4.31 Å². The second-order valence-electron chi connectivity index (χ2n) is 5.44. The number of rotatable bonds is 8. The molecule has 1 aromatic heterocycles. The lowest BCUT2D eigenvalue weighted by Gasteiger charge is -2.29. The van der Waals surface area contributed by atoms with Gasteiger partial charge in [0.1, 0.15) is 0 Å². The summed E-state index contributed by atoms with van der Waals surface area (Å²) in [6.07, 6.45) is 1.02. The highest BCUT2D eigenvalue weighted by Crippen LogP contribution is 2.26. The van der Waals surface area contributed by atoms with Crippen LogP contribution >= 0.6 is 11.8 Å². The normalized spacial score (nSPS) is 15.4. The fourth-order valence-electron chi connectivity index (χ4n) is 2.15. The Morgan fingerprint density at radius 3 is 2.85 bits per heavy atom. The highest BCUT2D eigenvalue weighted by molar-refractivity contribution is 7.98. The molecule has 1 atom stereocenters. The summed E-state index contributed by atoms with van der Waals surface area (Å²) in [6.45, 7) is 3.77. The van der Waals surface area contributed by atoms with Crippen molar-refractivity contribution in [2.45, 2.75) is 24.3 Å². The molecule has 3 rings (SSSR count). The molecule has 1 unspecified atom stereocenters. The SMILES string of the molecule is CCOc1cc(N[S+]([O-])N2CCC2)nc(SCc2cccc(F)c2F)n1. The van der Waals surface area contributed by atoms with E-state index in [0.717, 1.165) is 37.3 Å². The number of anilines is 1. The molecule has 10 heteroatoms. The Morgan fingerprint density at radius 2 is 2.15 bits per heavy atom. The van der Waals surface area contributed by atoms with Gasteiger partial charge in [0.25, 0.3) is 0 Å². The lowest BCUT2D eigenvalue weighted by atomic mass is 10.2. The first kappa shape index (κ1) is 19.2. The van der Waals surface area contributed by atoms with Gasteiger partial charge in [0.2, 0.25) is 5.88 Å². The zero-order valence-electron chi connectivity index (χ0n) is 14.1. The first-order chi connectivity index (χ1) is 12.6. The smallest absolute Gasteiger partial charge is 0.219 e. The molecule has 1 saturated heterocycles. The van der Waals surface area contributed by atoms with Crippen molar-refractivity contribution in [3.8, 4) is 5.88 Å². The predicted octanol–water partition coefficient (Wildman–Crippen LogP) is 3.14. The summed E-state index contributed by atoms with van der Waals surface area (Å²) in [5, 5.41) is 0.322. The monoisotopic (exact) mass is 400 g/mol. The second-order valence-corrected chi connectivity index (χ2v) is 7.60. The van der Waals surface area contributed by atoms with Crippen molar-refractivity contribution < 1.29 is 18.1 Å². The van der Waals surface area contributed by atoms with Crippen LogP contribution in [0.4, 0.5) is 14.6 Å². The first-order valence-corrected chi connectivity index (χ1v) is 10.2. The van der Waals surface area contributed by atoms with Gasteiger partial charge in [-0.2, -0.15) is 9.71 Å². The maximum Gasteiger partial charge on any atom is 0.219 e. The van der Waals surface area contributed by atoms with Crippen molar-refractivity contribution >= 4 is 29.1 Å². The zero-order valence-corrected chi connectivity index (χ0v) is 15.7. The summed E-state index contributed by atoms with van der Waals surface area (Å²) in [5.41, 5.74) is 0.221. The van der Waals surface area contributed by atoms with Crippen molar-refractivity contribution in [1.29, 1.82) is 0 Å². The number of thioether (sulfide) groups is 1. The predicted molar refractivity (Wildman–Crippen MR) is 97.1 cm³/mol. The topological polar surface area (TPSA) is 73.3 Å². The second kappa shape index (κ2) is 8.85. The van der Waals surface area contributed by atoms with Gasteiger partial charge in [-0.05, 0) is 19.4 Å². The van der Waals surface area contributed by atoms with Crippen LogP contribution in [0.25, 0.3) is 0 Å². The average Bonchev–Trinajstić information content (AvgIpc) is 2.54. The van der Waals surface area contributed by atoms with E-state index >= 15 is 0 Å². The van der Waals surface area contributed by atoms with Crippen LogP contribution in [0.2, 0.25) is 0 Å². The van der Waals surface area contributed by atoms with Crippen LogP contribution in [0.3, 0.4) is 0 Å². The molecule has 1 aromatic carbocycles. The molecule has 2 aromatic rings. The lowest BCUT2D eigenvalue weighted by molar-refractivity contribution is 0.311. The minimum atomic E-state index is -1.38. The van der Waals surface area contributed by atoms with E-state index in [9.17, 15) is 13.3 Å². The molecule has 6 nitrogen and oxygen atoms in total. The van der Waals surface area contributed by atoms with E-state index in [-0.39, 0.29) is 11.3 Å². The van der Waals surface area contributed by atoms with E-state index in [1.165, 1.54) is 12.1 Å². The molecule has 0 saturated carbocycles. The van der Waals surface area contributed by atoms with Gasteiger partial charge in [-0.25, -0.2) is 13.8 Å². The van der Waals surface area contributed by atoms with Crippen LogP contribution in [0.15, 0.2) is 29.4 Å². The number of nitrogens with zero attached hydrogens (tertiary/aromatic N) is 3. The first-order valence-electron chi connectivity index (χ1n) is 8.08. The van der Waals surface area contributed by atoms with Gasteiger partial charge < -0.3 is 9.29 Å².